The highest BCUT2D eigenvalue weighted by atomic mass is 35.5. The van der Waals surface area contributed by atoms with Gasteiger partial charge in [-0.3, -0.25) is 19.6 Å². The average molecular weight is 388 g/mol. The fraction of sp³-hybridized carbons (Fsp3) is 0.333. The summed E-state index contributed by atoms with van der Waals surface area (Å²) in [7, 11) is 5.08. The molecule has 0 aliphatic heterocycles. The van der Waals surface area contributed by atoms with Crippen LogP contribution < -0.4 is 5.32 Å². The molecule has 10 heteroatoms. The number of benzene rings is 1. The van der Waals surface area contributed by atoms with E-state index in [2.05, 4.69) is 10.4 Å². The normalized spacial score (nSPS) is 11.5. The van der Waals surface area contributed by atoms with Crippen LogP contribution >= 0.6 is 24.0 Å². The second-order valence-corrected chi connectivity index (χ2v) is 5.80. The third-order valence-electron chi connectivity index (χ3n) is 3.62. The minimum atomic E-state index is -0.554. The first-order chi connectivity index (χ1) is 11.3. The highest BCUT2D eigenvalue weighted by Gasteiger charge is 2.24. The summed E-state index contributed by atoms with van der Waals surface area (Å²) in [5, 5.41) is 18.3. The van der Waals surface area contributed by atoms with Crippen molar-refractivity contribution < 1.29 is 9.72 Å². The van der Waals surface area contributed by atoms with Gasteiger partial charge >= 0.3 is 0 Å². The molecule has 1 heterocycles. The summed E-state index contributed by atoms with van der Waals surface area (Å²) in [6.45, 7) is 0.164. The number of nitrogens with zero attached hydrogens (tertiary/aromatic N) is 4. The van der Waals surface area contributed by atoms with E-state index < -0.39 is 11.0 Å². The van der Waals surface area contributed by atoms with E-state index in [1.807, 2.05) is 0 Å². The molecule has 1 N–H and O–H groups in total. The molecular formula is C15H19Cl2N5O3. The van der Waals surface area contributed by atoms with E-state index in [0.717, 1.165) is 5.56 Å². The zero-order valence-corrected chi connectivity index (χ0v) is 15.5. The fourth-order valence-corrected chi connectivity index (χ4v) is 2.55. The van der Waals surface area contributed by atoms with Crippen molar-refractivity contribution in [3.05, 3.63) is 56.9 Å². The van der Waals surface area contributed by atoms with Crippen molar-refractivity contribution in [1.82, 2.24) is 20.0 Å². The zero-order valence-electron chi connectivity index (χ0n) is 14.0. The lowest BCUT2D eigenvalue weighted by Gasteiger charge is -2.23. The van der Waals surface area contributed by atoms with Crippen LogP contribution in [0.15, 0.2) is 30.6 Å². The van der Waals surface area contributed by atoms with Crippen LogP contribution in [-0.2, 0) is 18.4 Å². The maximum atomic E-state index is 12.7. The molecule has 0 aliphatic rings. The van der Waals surface area contributed by atoms with Crippen LogP contribution in [0.25, 0.3) is 0 Å². The number of non-ortho nitro benzene ring substituents is 1. The smallest absolute Gasteiger partial charge is 0.269 e. The van der Waals surface area contributed by atoms with Crippen molar-refractivity contribution in [3.8, 4) is 0 Å². The second-order valence-electron chi connectivity index (χ2n) is 5.40. The number of nitrogens with one attached hydrogen (secondary N) is 1. The molecule has 0 bridgehead atoms. The number of halogens is 2. The number of nitro groups is 1. The third-order valence-corrected chi connectivity index (χ3v) is 3.99. The van der Waals surface area contributed by atoms with E-state index in [1.54, 1.807) is 38.2 Å². The van der Waals surface area contributed by atoms with Crippen LogP contribution in [0.3, 0.4) is 0 Å². The van der Waals surface area contributed by atoms with Gasteiger partial charge in [-0.25, -0.2) is 0 Å². The number of nitro benzene ring substituents is 1. The number of amides is 1. The van der Waals surface area contributed by atoms with Crippen LogP contribution in [0.1, 0.15) is 17.2 Å². The van der Waals surface area contributed by atoms with Crippen LogP contribution in [0.4, 0.5) is 5.69 Å². The van der Waals surface area contributed by atoms with Gasteiger partial charge in [-0.1, -0.05) is 11.6 Å². The third kappa shape index (κ3) is 4.91. The Kier molecular flexibility index (Phi) is 7.35. The van der Waals surface area contributed by atoms with Crippen molar-refractivity contribution in [3.63, 3.8) is 0 Å². The summed E-state index contributed by atoms with van der Waals surface area (Å²) in [5.41, 5.74) is 1.19. The van der Waals surface area contributed by atoms with E-state index in [9.17, 15) is 14.9 Å². The number of carbonyl (C=O) groups is 1. The molecule has 25 heavy (non-hydrogen) atoms. The fourth-order valence-electron chi connectivity index (χ4n) is 2.37. The van der Waals surface area contributed by atoms with Gasteiger partial charge in [0.15, 0.2) is 0 Å². The highest BCUT2D eigenvalue weighted by molar-refractivity contribution is 6.31. The minimum absolute atomic E-state index is 0. The number of carbonyl (C=O) groups excluding carboxylic acids is 1. The lowest BCUT2D eigenvalue weighted by atomic mass is 10.1. The van der Waals surface area contributed by atoms with Crippen LogP contribution in [0.2, 0.25) is 5.02 Å². The van der Waals surface area contributed by atoms with Gasteiger partial charge in [-0.05, 0) is 18.7 Å². The topological polar surface area (TPSA) is 93.3 Å². The van der Waals surface area contributed by atoms with Gasteiger partial charge in [0.05, 0.1) is 11.1 Å². The van der Waals surface area contributed by atoms with Crippen molar-refractivity contribution in [2.45, 2.75) is 12.6 Å². The molecular weight excluding hydrogens is 369 g/mol. The van der Waals surface area contributed by atoms with Crippen LogP contribution in [0, 0.1) is 10.1 Å². The predicted octanol–water partition coefficient (Wildman–Crippen LogP) is 2.32. The van der Waals surface area contributed by atoms with Crippen molar-refractivity contribution in [1.29, 1.82) is 0 Å². The van der Waals surface area contributed by atoms with Crippen LogP contribution in [0.5, 0.6) is 0 Å². The molecule has 0 saturated carbocycles. The Balaban J connectivity index is 0.00000312. The van der Waals surface area contributed by atoms with Gasteiger partial charge in [0.1, 0.15) is 6.04 Å². The number of rotatable bonds is 6. The Morgan fingerprint density at radius 1 is 1.52 bits per heavy atom. The molecule has 1 aromatic carbocycles. The molecule has 1 aromatic heterocycles. The first-order valence-electron chi connectivity index (χ1n) is 7.17. The molecule has 2 rings (SSSR count). The highest BCUT2D eigenvalue weighted by Crippen LogP contribution is 2.24. The minimum Gasteiger partial charge on any atom is -0.340 e. The van der Waals surface area contributed by atoms with Crippen LogP contribution in [-0.4, -0.2) is 39.6 Å². The lowest BCUT2D eigenvalue weighted by molar-refractivity contribution is -0.384. The molecule has 1 amide bonds. The maximum absolute atomic E-state index is 12.7. The number of hydrogen-bond acceptors (Lipinski definition) is 5. The lowest BCUT2D eigenvalue weighted by Crippen LogP contribution is -2.37. The monoisotopic (exact) mass is 387 g/mol. The van der Waals surface area contributed by atoms with E-state index in [-0.39, 0.29) is 30.5 Å². The zero-order chi connectivity index (χ0) is 17.9. The van der Waals surface area contributed by atoms with E-state index in [1.165, 1.54) is 23.1 Å². The molecule has 0 radical (unpaired) electrons. The summed E-state index contributed by atoms with van der Waals surface area (Å²) in [6.07, 6.45) is 3.38. The number of aromatic nitrogens is 2. The standard InChI is InChI=1S/C15H18ClN5O3.ClH/c1-17-14(11-7-18-20(3)9-11)15(22)19(2)8-10-6-12(21(23)24)4-5-13(10)16;/h4-7,9,14,17H,8H2,1-3H3;1H. The summed E-state index contributed by atoms with van der Waals surface area (Å²) in [4.78, 5) is 24.5. The average Bonchev–Trinajstić information content (AvgIpc) is 2.96. The van der Waals surface area contributed by atoms with Gasteiger partial charge < -0.3 is 10.2 Å². The largest absolute Gasteiger partial charge is 0.340 e. The van der Waals surface area contributed by atoms with Gasteiger partial charge in [0.2, 0.25) is 5.91 Å². The van der Waals surface area contributed by atoms with Gasteiger partial charge in [0, 0.05) is 49.6 Å². The Bertz CT molecular complexity index is 765. The SMILES string of the molecule is CNC(C(=O)N(C)Cc1cc([N+](=O)[O-])ccc1Cl)c1cnn(C)c1.Cl. The van der Waals surface area contributed by atoms with E-state index >= 15 is 0 Å². The van der Waals surface area contributed by atoms with Crippen molar-refractivity contribution in [2.24, 2.45) is 7.05 Å². The Labute approximate surface area is 156 Å². The molecule has 2 aromatic rings. The van der Waals surface area contributed by atoms with Gasteiger partial charge in [-0.15, -0.1) is 12.4 Å². The Hall–Kier alpha value is -2.16. The van der Waals surface area contributed by atoms with Crippen molar-refractivity contribution in [2.75, 3.05) is 14.1 Å². The molecule has 1 atom stereocenters. The number of likely N-dealkylation sites (N-methyl/N-ethyl adjacent to an activating group) is 2. The number of aryl methyl sites for hydroxylation is 1. The van der Waals surface area contributed by atoms with Crippen molar-refractivity contribution >= 4 is 35.6 Å². The molecule has 0 aliphatic carbocycles. The molecule has 1 unspecified atom stereocenters. The predicted molar refractivity (Wildman–Crippen MR) is 96.8 cm³/mol. The molecule has 0 spiro atoms. The molecule has 8 nitrogen and oxygen atoms in total. The first-order valence-corrected chi connectivity index (χ1v) is 7.55. The summed E-state index contributed by atoms with van der Waals surface area (Å²) in [5.74, 6) is -0.187. The quantitative estimate of drug-likeness (QED) is 0.606. The molecule has 136 valence electrons. The van der Waals surface area contributed by atoms with Gasteiger partial charge in [-0.2, -0.15) is 5.10 Å². The van der Waals surface area contributed by atoms with E-state index in [4.69, 9.17) is 11.6 Å². The summed E-state index contributed by atoms with van der Waals surface area (Å²) in [6, 6.07) is 3.62. The Morgan fingerprint density at radius 3 is 2.72 bits per heavy atom. The second kappa shape index (κ2) is 8.80. The molecule has 0 fully saturated rings. The van der Waals surface area contributed by atoms with E-state index in [0.29, 0.717) is 10.6 Å². The summed E-state index contributed by atoms with van der Waals surface area (Å²) < 4.78 is 1.62. The number of hydrogen-bond donors (Lipinski definition) is 1. The Morgan fingerprint density at radius 2 is 2.20 bits per heavy atom. The molecule has 0 saturated heterocycles. The van der Waals surface area contributed by atoms with Gasteiger partial charge in [0.25, 0.3) is 5.69 Å². The maximum Gasteiger partial charge on any atom is 0.269 e. The first kappa shape index (κ1) is 20.9. The summed E-state index contributed by atoms with van der Waals surface area (Å²) >= 11 is 6.09.